The van der Waals surface area contributed by atoms with Crippen molar-refractivity contribution < 1.29 is 14.6 Å². The number of aromatic nitrogens is 1. The average molecular weight is 274 g/mol. The van der Waals surface area contributed by atoms with E-state index in [-0.39, 0.29) is 18.1 Å². The number of hydrogen-bond donors (Lipinski definition) is 2. The maximum atomic E-state index is 12.0. The van der Waals surface area contributed by atoms with E-state index in [1.165, 1.54) is 0 Å². The Morgan fingerprint density at radius 3 is 2.95 bits per heavy atom. The van der Waals surface area contributed by atoms with Crippen molar-refractivity contribution >= 4 is 11.7 Å². The molecule has 5 heteroatoms. The van der Waals surface area contributed by atoms with Crippen molar-refractivity contribution in [3.8, 4) is 11.8 Å². The van der Waals surface area contributed by atoms with Crippen LogP contribution in [0.3, 0.4) is 0 Å². The Hall–Kier alpha value is -1.90. The quantitative estimate of drug-likeness (QED) is 0.812. The number of hydrogen-bond acceptors (Lipinski definition) is 4. The Morgan fingerprint density at radius 2 is 2.35 bits per heavy atom. The maximum Gasteiger partial charge on any atom is 0.228 e. The van der Waals surface area contributed by atoms with Gasteiger partial charge in [0.2, 0.25) is 5.91 Å². The first kappa shape index (κ1) is 14.5. The van der Waals surface area contributed by atoms with Crippen LogP contribution in [0.1, 0.15) is 31.4 Å². The third kappa shape index (κ3) is 3.56. The molecular weight excluding hydrogens is 256 g/mol. The molecule has 0 spiro atoms. The molecule has 1 aliphatic rings. The summed E-state index contributed by atoms with van der Waals surface area (Å²) in [6.45, 7) is -0.214. The summed E-state index contributed by atoms with van der Waals surface area (Å²) in [7, 11) is 1.65. The van der Waals surface area contributed by atoms with Gasteiger partial charge in [-0.2, -0.15) is 0 Å². The summed E-state index contributed by atoms with van der Waals surface area (Å²) in [4.78, 5) is 16.2. The zero-order chi connectivity index (χ0) is 14.4. The van der Waals surface area contributed by atoms with E-state index in [2.05, 4.69) is 22.1 Å². The molecule has 0 aromatic carbocycles. The molecule has 106 valence electrons. The van der Waals surface area contributed by atoms with Crippen LogP contribution in [0.15, 0.2) is 18.2 Å². The van der Waals surface area contributed by atoms with E-state index in [0.717, 1.165) is 19.3 Å². The number of aliphatic hydroxyl groups is 1. The van der Waals surface area contributed by atoms with Crippen LogP contribution in [-0.2, 0) is 9.53 Å². The summed E-state index contributed by atoms with van der Waals surface area (Å²) in [5, 5.41) is 11.4. The lowest BCUT2D eigenvalue weighted by Gasteiger charge is -2.39. The van der Waals surface area contributed by atoms with Gasteiger partial charge in [0.1, 0.15) is 18.1 Å². The third-order valence-corrected chi connectivity index (χ3v) is 3.49. The number of anilines is 1. The van der Waals surface area contributed by atoms with Crippen LogP contribution in [0.25, 0.3) is 0 Å². The number of carbonyl (C=O) groups excluding carboxylic acids is 1. The molecule has 2 N–H and O–H groups in total. The third-order valence-electron chi connectivity index (χ3n) is 3.49. The van der Waals surface area contributed by atoms with Crippen molar-refractivity contribution in [1.29, 1.82) is 0 Å². The Kier molecular flexibility index (Phi) is 4.72. The number of methoxy groups -OCH3 is 1. The van der Waals surface area contributed by atoms with Crippen LogP contribution in [0, 0.1) is 11.8 Å². The fourth-order valence-electron chi connectivity index (χ4n) is 2.21. The highest BCUT2D eigenvalue weighted by Crippen LogP contribution is 2.38. The highest BCUT2D eigenvalue weighted by Gasteiger charge is 2.39. The lowest BCUT2D eigenvalue weighted by molar-refractivity contribution is -0.129. The van der Waals surface area contributed by atoms with Crippen LogP contribution in [0.4, 0.5) is 5.82 Å². The first-order valence-electron chi connectivity index (χ1n) is 6.59. The van der Waals surface area contributed by atoms with Gasteiger partial charge in [-0.1, -0.05) is 12.0 Å². The van der Waals surface area contributed by atoms with Gasteiger partial charge in [-0.05, 0) is 37.3 Å². The zero-order valence-electron chi connectivity index (χ0n) is 11.5. The molecule has 1 aromatic rings. The molecule has 1 amide bonds. The molecule has 20 heavy (non-hydrogen) atoms. The van der Waals surface area contributed by atoms with Gasteiger partial charge in [0.25, 0.3) is 0 Å². The highest BCUT2D eigenvalue weighted by atomic mass is 16.5. The summed E-state index contributed by atoms with van der Waals surface area (Å²) in [6.07, 6.45) is 3.29. The summed E-state index contributed by atoms with van der Waals surface area (Å²) < 4.78 is 5.43. The molecule has 0 unspecified atom stereocenters. The van der Waals surface area contributed by atoms with E-state index in [0.29, 0.717) is 17.9 Å². The van der Waals surface area contributed by atoms with Crippen molar-refractivity contribution in [1.82, 2.24) is 4.98 Å². The minimum atomic E-state index is -0.293. The normalized spacial score (nSPS) is 15.7. The fraction of sp³-hybridized carbons (Fsp3) is 0.467. The molecular formula is C15H18N2O3. The number of ether oxygens (including phenoxy) is 1. The molecule has 1 fully saturated rings. The number of pyridine rings is 1. The number of nitrogens with zero attached hydrogens (tertiary/aromatic N) is 1. The number of nitrogens with one attached hydrogen (secondary N) is 1. The van der Waals surface area contributed by atoms with Gasteiger partial charge in [0, 0.05) is 7.11 Å². The molecule has 1 heterocycles. The van der Waals surface area contributed by atoms with E-state index >= 15 is 0 Å². The Balaban J connectivity index is 1.97. The number of rotatable bonds is 4. The number of aliphatic hydroxyl groups excluding tert-OH is 1. The molecule has 0 atom stereocenters. The topological polar surface area (TPSA) is 71.5 Å². The lowest BCUT2D eigenvalue weighted by Crippen LogP contribution is -2.42. The highest BCUT2D eigenvalue weighted by molar-refractivity contribution is 5.90. The Bertz CT molecular complexity index is 536. The molecule has 0 aliphatic heterocycles. The van der Waals surface area contributed by atoms with E-state index in [1.54, 1.807) is 25.3 Å². The Labute approximate surface area is 118 Å². The summed E-state index contributed by atoms with van der Waals surface area (Å²) in [6, 6.07) is 5.20. The molecule has 1 aromatic heterocycles. The van der Waals surface area contributed by atoms with Gasteiger partial charge < -0.3 is 15.2 Å². The van der Waals surface area contributed by atoms with Crippen molar-refractivity contribution in [3.05, 3.63) is 23.9 Å². The van der Waals surface area contributed by atoms with Gasteiger partial charge >= 0.3 is 0 Å². The van der Waals surface area contributed by atoms with Crippen molar-refractivity contribution in [2.75, 3.05) is 19.0 Å². The van der Waals surface area contributed by atoms with Crippen LogP contribution in [-0.4, -0.2) is 35.3 Å². The molecule has 5 nitrogen and oxygen atoms in total. The largest absolute Gasteiger partial charge is 0.384 e. The van der Waals surface area contributed by atoms with Gasteiger partial charge in [0.05, 0.1) is 12.0 Å². The summed E-state index contributed by atoms with van der Waals surface area (Å²) in [5.74, 6) is 5.58. The standard InChI is InChI=1S/C15H18N2O3/c1-20-15(8-4-9-15)11-14(19)17-13-7-2-5-12(16-13)6-3-10-18/h2,5,7,18H,4,8-11H2,1H3,(H,16,17,19). The van der Waals surface area contributed by atoms with E-state index in [1.807, 2.05) is 0 Å². The molecule has 0 saturated heterocycles. The number of amides is 1. The molecule has 1 aliphatic carbocycles. The second-order valence-electron chi connectivity index (χ2n) is 4.83. The van der Waals surface area contributed by atoms with Gasteiger partial charge in [0.15, 0.2) is 0 Å². The smallest absolute Gasteiger partial charge is 0.228 e. The maximum absolute atomic E-state index is 12.0. The minimum Gasteiger partial charge on any atom is -0.384 e. The lowest BCUT2D eigenvalue weighted by atomic mass is 9.77. The molecule has 0 radical (unpaired) electrons. The first-order chi connectivity index (χ1) is 9.67. The van der Waals surface area contributed by atoms with Crippen molar-refractivity contribution in [2.45, 2.75) is 31.3 Å². The zero-order valence-corrected chi connectivity index (χ0v) is 11.5. The van der Waals surface area contributed by atoms with Crippen LogP contribution < -0.4 is 5.32 Å². The van der Waals surface area contributed by atoms with Crippen LogP contribution >= 0.6 is 0 Å². The first-order valence-corrected chi connectivity index (χ1v) is 6.59. The average Bonchev–Trinajstić information content (AvgIpc) is 2.41. The van der Waals surface area contributed by atoms with Crippen molar-refractivity contribution in [3.63, 3.8) is 0 Å². The van der Waals surface area contributed by atoms with Crippen molar-refractivity contribution in [2.24, 2.45) is 0 Å². The van der Waals surface area contributed by atoms with Crippen LogP contribution in [0.2, 0.25) is 0 Å². The molecule has 2 rings (SSSR count). The predicted molar refractivity (Wildman–Crippen MR) is 75.0 cm³/mol. The Morgan fingerprint density at radius 1 is 1.55 bits per heavy atom. The van der Waals surface area contributed by atoms with E-state index < -0.39 is 0 Å². The molecule has 1 saturated carbocycles. The minimum absolute atomic E-state index is 0.105. The van der Waals surface area contributed by atoms with E-state index in [9.17, 15) is 4.79 Å². The second kappa shape index (κ2) is 6.51. The van der Waals surface area contributed by atoms with Gasteiger partial charge in [-0.15, -0.1) is 0 Å². The van der Waals surface area contributed by atoms with Crippen LogP contribution in [0.5, 0.6) is 0 Å². The van der Waals surface area contributed by atoms with Gasteiger partial charge in [-0.25, -0.2) is 4.98 Å². The fourth-order valence-corrected chi connectivity index (χ4v) is 2.21. The predicted octanol–water partition coefficient (Wildman–Crippen LogP) is 1.32. The SMILES string of the molecule is COC1(CC(=O)Nc2cccc(C#CCO)n2)CCC1. The second-order valence-corrected chi connectivity index (χ2v) is 4.83. The summed E-state index contributed by atoms with van der Waals surface area (Å²) in [5.41, 5.74) is 0.222. The monoisotopic (exact) mass is 274 g/mol. The van der Waals surface area contributed by atoms with Gasteiger partial charge in [-0.3, -0.25) is 4.79 Å². The molecule has 0 bridgehead atoms. The van der Waals surface area contributed by atoms with E-state index in [4.69, 9.17) is 9.84 Å². The summed E-state index contributed by atoms with van der Waals surface area (Å²) >= 11 is 0. The number of carbonyl (C=O) groups is 1.